The van der Waals surface area contributed by atoms with Crippen LogP contribution in [0.3, 0.4) is 0 Å². The fourth-order valence-corrected chi connectivity index (χ4v) is 1.51. The van der Waals surface area contributed by atoms with Crippen molar-refractivity contribution < 1.29 is 4.74 Å². The molecule has 1 heterocycles. The van der Waals surface area contributed by atoms with Crippen molar-refractivity contribution in [3.63, 3.8) is 0 Å². The van der Waals surface area contributed by atoms with Crippen LogP contribution in [-0.2, 0) is 4.74 Å². The van der Waals surface area contributed by atoms with Gasteiger partial charge in [0.05, 0.1) is 16.3 Å². The lowest BCUT2D eigenvalue weighted by atomic mass is 10.1. The van der Waals surface area contributed by atoms with Crippen LogP contribution in [0.5, 0.6) is 0 Å². The summed E-state index contributed by atoms with van der Waals surface area (Å²) in [6, 6.07) is 1.67. The van der Waals surface area contributed by atoms with E-state index >= 15 is 0 Å². The summed E-state index contributed by atoms with van der Waals surface area (Å²) in [5.41, 5.74) is 6.07. The van der Waals surface area contributed by atoms with Crippen LogP contribution >= 0.6 is 11.6 Å². The molecule has 16 heavy (non-hydrogen) atoms. The van der Waals surface area contributed by atoms with E-state index in [0.717, 1.165) is 0 Å². The molecule has 0 spiro atoms. The number of halogens is 1. The summed E-state index contributed by atoms with van der Waals surface area (Å²) in [6.07, 6.45) is 1.56. The van der Waals surface area contributed by atoms with Gasteiger partial charge in [0.1, 0.15) is 5.82 Å². The minimum Gasteiger partial charge on any atom is -0.396 e. The van der Waals surface area contributed by atoms with E-state index in [1.54, 1.807) is 12.3 Å². The molecule has 0 aromatic carbocycles. The molecule has 90 valence electrons. The summed E-state index contributed by atoms with van der Waals surface area (Å²) in [4.78, 5) is 4.12. The van der Waals surface area contributed by atoms with Gasteiger partial charge in [0.15, 0.2) is 0 Å². The maximum atomic E-state index is 5.77. The van der Waals surface area contributed by atoms with Crippen molar-refractivity contribution in [2.75, 3.05) is 24.2 Å². The topological polar surface area (TPSA) is 60.2 Å². The lowest BCUT2D eigenvalue weighted by Gasteiger charge is -2.25. The van der Waals surface area contributed by atoms with Crippen LogP contribution in [0.25, 0.3) is 0 Å². The minimum atomic E-state index is -0.248. The van der Waals surface area contributed by atoms with Gasteiger partial charge < -0.3 is 15.8 Å². The minimum absolute atomic E-state index is 0.248. The van der Waals surface area contributed by atoms with Crippen LogP contribution in [0, 0.1) is 0 Å². The molecule has 0 bridgehead atoms. The molecule has 0 atom stereocenters. The van der Waals surface area contributed by atoms with E-state index in [2.05, 4.69) is 10.3 Å². The summed E-state index contributed by atoms with van der Waals surface area (Å²) in [5, 5.41) is 3.68. The number of pyridine rings is 1. The molecule has 3 N–H and O–H groups in total. The van der Waals surface area contributed by atoms with Crippen molar-refractivity contribution in [1.82, 2.24) is 4.98 Å². The average Bonchev–Trinajstić information content (AvgIpc) is 2.16. The SMILES string of the molecule is CCOC(C)(C)CNc1ncc(Cl)cc1N. The smallest absolute Gasteiger partial charge is 0.149 e. The van der Waals surface area contributed by atoms with E-state index < -0.39 is 0 Å². The van der Waals surface area contributed by atoms with Gasteiger partial charge in [0.2, 0.25) is 0 Å². The van der Waals surface area contributed by atoms with E-state index in [1.807, 2.05) is 20.8 Å². The van der Waals surface area contributed by atoms with Gasteiger partial charge in [-0.1, -0.05) is 11.6 Å². The first kappa shape index (κ1) is 13.1. The zero-order chi connectivity index (χ0) is 12.2. The monoisotopic (exact) mass is 243 g/mol. The molecule has 0 aliphatic rings. The Morgan fingerprint density at radius 2 is 2.25 bits per heavy atom. The van der Waals surface area contributed by atoms with Crippen LogP contribution in [-0.4, -0.2) is 23.7 Å². The third-order valence-electron chi connectivity index (χ3n) is 2.10. The first-order valence-corrected chi connectivity index (χ1v) is 5.61. The highest BCUT2D eigenvalue weighted by Gasteiger charge is 2.17. The summed E-state index contributed by atoms with van der Waals surface area (Å²) in [5.74, 6) is 0.636. The highest BCUT2D eigenvalue weighted by atomic mass is 35.5. The Morgan fingerprint density at radius 1 is 1.56 bits per heavy atom. The second kappa shape index (κ2) is 5.37. The Morgan fingerprint density at radius 3 is 2.81 bits per heavy atom. The lowest BCUT2D eigenvalue weighted by molar-refractivity contribution is 0.000656. The summed E-state index contributed by atoms with van der Waals surface area (Å²) < 4.78 is 5.56. The fourth-order valence-electron chi connectivity index (χ4n) is 1.34. The largest absolute Gasteiger partial charge is 0.396 e. The number of hydrogen-bond acceptors (Lipinski definition) is 4. The normalized spacial score (nSPS) is 11.5. The molecule has 1 aromatic heterocycles. The molecule has 0 radical (unpaired) electrons. The van der Waals surface area contributed by atoms with Gasteiger partial charge >= 0.3 is 0 Å². The number of nitrogen functional groups attached to an aromatic ring is 1. The molecule has 1 rings (SSSR count). The van der Waals surface area contributed by atoms with E-state index in [4.69, 9.17) is 22.1 Å². The summed E-state index contributed by atoms with van der Waals surface area (Å²) in [7, 11) is 0. The molecular weight excluding hydrogens is 226 g/mol. The second-order valence-electron chi connectivity index (χ2n) is 4.14. The molecule has 0 aliphatic heterocycles. The Labute approximate surface area is 101 Å². The van der Waals surface area contributed by atoms with Crippen molar-refractivity contribution in [3.05, 3.63) is 17.3 Å². The highest BCUT2D eigenvalue weighted by molar-refractivity contribution is 6.30. The van der Waals surface area contributed by atoms with Crippen molar-refractivity contribution in [2.45, 2.75) is 26.4 Å². The number of nitrogens with two attached hydrogens (primary N) is 1. The second-order valence-corrected chi connectivity index (χ2v) is 4.57. The number of hydrogen-bond donors (Lipinski definition) is 2. The Bertz CT molecular complexity index is 355. The fraction of sp³-hybridized carbons (Fsp3) is 0.545. The Balaban J connectivity index is 2.61. The predicted octanol–water partition coefficient (Wildman–Crippen LogP) is 2.54. The molecule has 5 heteroatoms. The summed E-state index contributed by atoms with van der Waals surface area (Å²) >= 11 is 5.76. The zero-order valence-electron chi connectivity index (χ0n) is 9.88. The molecule has 0 amide bonds. The molecule has 0 saturated carbocycles. The molecule has 0 saturated heterocycles. The first-order chi connectivity index (χ1) is 7.44. The number of anilines is 2. The quantitative estimate of drug-likeness (QED) is 0.835. The van der Waals surface area contributed by atoms with Gasteiger partial charge in [-0.15, -0.1) is 0 Å². The van der Waals surface area contributed by atoms with Crippen molar-refractivity contribution >= 4 is 23.1 Å². The standard InChI is InChI=1S/C11H18ClN3O/c1-4-16-11(2,3)7-15-10-9(13)5-8(12)6-14-10/h5-6H,4,7,13H2,1-3H3,(H,14,15). The maximum Gasteiger partial charge on any atom is 0.149 e. The van der Waals surface area contributed by atoms with Crippen molar-refractivity contribution in [2.24, 2.45) is 0 Å². The van der Waals surface area contributed by atoms with Crippen molar-refractivity contribution in [1.29, 1.82) is 0 Å². The van der Waals surface area contributed by atoms with Gasteiger partial charge in [-0.2, -0.15) is 0 Å². The van der Waals surface area contributed by atoms with Crippen LogP contribution in [0.15, 0.2) is 12.3 Å². The molecule has 1 aromatic rings. The number of aromatic nitrogens is 1. The van der Waals surface area contributed by atoms with Crippen LogP contribution < -0.4 is 11.1 Å². The Hall–Kier alpha value is -1.00. The van der Waals surface area contributed by atoms with Crippen LogP contribution in [0.2, 0.25) is 5.02 Å². The Kier molecular flexibility index (Phi) is 4.38. The molecule has 0 unspecified atom stereocenters. The maximum absolute atomic E-state index is 5.77. The third-order valence-corrected chi connectivity index (χ3v) is 2.31. The number of nitrogens with zero attached hydrogens (tertiary/aromatic N) is 1. The van der Waals surface area contributed by atoms with E-state index in [-0.39, 0.29) is 5.60 Å². The summed E-state index contributed by atoms with van der Waals surface area (Å²) in [6.45, 7) is 7.31. The number of ether oxygens (including phenoxy) is 1. The lowest BCUT2D eigenvalue weighted by Crippen LogP contribution is -2.33. The van der Waals surface area contributed by atoms with E-state index in [1.165, 1.54) is 0 Å². The van der Waals surface area contributed by atoms with Gasteiger partial charge in [-0.05, 0) is 26.8 Å². The van der Waals surface area contributed by atoms with Gasteiger partial charge in [0, 0.05) is 19.3 Å². The first-order valence-electron chi connectivity index (χ1n) is 5.23. The van der Waals surface area contributed by atoms with Gasteiger partial charge in [-0.25, -0.2) is 4.98 Å². The average molecular weight is 244 g/mol. The molecule has 0 aliphatic carbocycles. The molecule has 4 nitrogen and oxygen atoms in total. The predicted molar refractivity (Wildman–Crippen MR) is 67.9 cm³/mol. The van der Waals surface area contributed by atoms with Gasteiger partial charge in [-0.3, -0.25) is 0 Å². The van der Waals surface area contributed by atoms with Crippen molar-refractivity contribution in [3.8, 4) is 0 Å². The molecule has 0 fully saturated rings. The van der Waals surface area contributed by atoms with Crippen LogP contribution in [0.1, 0.15) is 20.8 Å². The van der Waals surface area contributed by atoms with E-state index in [9.17, 15) is 0 Å². The number of nitrogens with one attached hydrogen (secondary N) is 1. The van der Waals surface area contributed by atoms with Gasteiger partial charge in [0.25, 0.3) is 0 Å². The van der Waals surface area contributed by atoms with Crippen LogP contribution in [0.4, 0.5) is 11.5 Å². The number of rotatable bonds is 5. The molecular formula is C11H18ClN3O. The van der Waals surface area contributed by atoms with E-state index in [0.29, 0.717) is 29.7 Å². The zero-order valence-corrected chi connectivity index (χ0v) is 10.6. The third kappa shape index (κ3) is 3.87. The highest BCUT2D eigenvalue weighted by Crippen LogP contribution is 2.20.